The molecule has 104 valence electrons. The minimum Gasteiger partial charge on any atom is -0.289 e. The summed E-state index contributed by atoms with van der Waals surface area (Å²) in [4.78, 5) is 12.8. The van der Waals surface area contributed by atoms with Gasteiger partial charge in [-0.2, -0.15) is 0 Å². The Morgan fingerprint density at radius 2 is 1.45 bits per heavy atom. The SMILES string of the molecule is Cc1cc(C)c(C)c(C(=O)c2cc(Cl)ccc2Cl)c1C. The second-order valence-corrected chi connectivity index (χ2v) is 5.93. The van der Waals surface area contributed by atoms with Crippen molar-refractivity contribution in [1.29, 1.82) is 0 Å². The maximum atomic E-state index is 12.8. The second-order valence-electron chi connectivity index (χ2n) is 5.09. The zero-order valence-corrected chi connectivity index (χ0v) is 13.5. The first-order chi connectivity index (χ1) is 9.32. The van der Waals surface area contributed by atoms with Gasteiger partial charge >= 0.3 is 0 Å². The molecule has 0 spiro atoms. The standard InChI is InChI=1S/C17H16Cl2O/c1-9-7-10(2)12(4)16(11(9)3)17(20)14-8-13(18)5-6-15(14)19/h5-8H,1-4H3. The summed E-state index contributed by atoms with van der Waals surface area (Å²) in [5, 5.41) is 0.940. The van der Waals surface area contributed by atoms with E-state index in [0.29, 0.717) is 15.6 Å². The summed E-state index contributed by atoms with van der Waals surface area (Å²) < 4.78 is 0. The second kappa shape index (κ2) is 5.59. The summed E-state index contributed by atoms with van der Waals surface area (Å²) in [5.41, 5.74) is 5.38. The molecule has 0 saturated carbocycles. The number of hydrogen-bond acceptors (Lipinski definition) is 1. The number of benzene rings is 2. The largest absolute Gasteiger partial charge is 0.289 e. The maximum absolute atomic E-state index is 12.8. The van der Waals surface area contributed by atoms with E-state index in [0.717, 1.165) is 27.8 Å². The van der Waals surface area contributed by atoms with Crippen LogP contribution in [-0.4, -0.2) is 5.78 Å². The van der Waals surface area contributed by atoms with Gasteiger partial charge in [-0.05, 0) is 68.1 Å². The Labute approximate surface area is 129 Å². The van der Waals surface area contributed by atoms with Crippen molar-refractivity contribution in [2.45, 2.75) is 27.7 Å². The molecule has 0 radical (unpaired) electrons. The molecular formula is C17H16Cl2O. The van der Waals surface area contributed by atoms with E-state index >= 15 is 0 Å². The molecule has 0 aliphatic rings. The van der Waals surface area contributed by atoms with Crippen molar-refractivity contribution in [3.8, 4) is 0 Å². The van der Waals surface area contributed by atoms with E-state index in [1.807, 2.05) is 27.7 Å². The van der Waals surface area contributed by atoms with Crippen molar-refractivity contribution in [3.05, 3.63) is 67.7 Å². The van der Waals surface area contributed by atoms with E-state index in [1.54, 1.807) is 18.2 Å². The molecule has 0 N–H and O–H groups in total. The molecule has 0 aliphatic carbocycles. The van der Waals surface area contributed by atoms with Gasteiger partial charge in [-0.15, -0.1) is 0 Å². The summed E-state index contributed by atoms with van der Waals surface area (Å²) in [6.07, 6.45) is 0. The van der Waals surface area contributed by atoms with Crippen molar-refractivity contribution < 1.29 is 4.79 Å². The zero-order chi connectivity index (χ0) is 15.0. The number of ketones is 1. The lowest BCUT2D eigenvalue weighted by molar-refractivity contribution is 0.103. The van der Waals surface area contributed by atoms with Crippen molar-refractivity contribution in [3.63, 3.8) is 0 Å². The van der Waals surface area contributed by atoms with E-state index in [2.05, 4.69) is 6.07 Å². The first kappa shape index (κ1) is 15.1. The predicted octanol–water partition coefficient (Wildman–Crippen LogP) is 5.46. The third kappa shape index (κ3) is 2.61. The quantitative estimate of drug-likeness (QED) is 0.673. The molecule has 0 saturated heterocycles. The summed E-state index contributed by atoms with van der Waals surface area (Å²) in [7, 11) is 0. The molecule has 2 aromatic carbocycles. The van der Waals surface area contributed by atoms with Gasteiger partial charge in [0.2, 0.25) is 0 Å². The van der Waals surface area contributed by atoms with Crippen LogP contribution in [0, 0.1) is 27.7 Å². The van der Waals surface area contributed by atoms with E-state index in [4.69, 9.17) is 23.2 Å². The topological polar surface area (TPSA) is 17.1 Å². The summed E-state index contributed by atoms with van der Waals surface area (Å²) in [6, 6.07) is 7.07. The van der Waals surface area contributed by atoms with Gasteiger partial charge in [0.25, 0.3) is 0 Å². The first-order valence-electron chi connectivity index (χ1n) is 6.40. The highest BCUT2D eigenvalue weighted by Crippen LogP contribution is 2.28. The summed E-state index contributed by atoms with van der Waals surface area (Å²) in [6.45, 7) is 7.96. The molecule has 0 unspecified atom stereocenters. The predicted molar refractivity (Wildman–Crippen MR) is 85.3 cm³/mol. The van der Waals surface area contributed by atoms with E-state index in [9.17, 15) is 4.79 Å². The van der Waals surface area contributed by atoms with Crippen LogP contribution < -0.4 is 0 Å². The average molecular weight is 307 g/mol. The van der Waals surface area contributed by atoms with Crippen LogP contribution in [0.1, 0.15) is 38.2 Å². The fourth-order valence-corrected chi connectivity index (χ4v) is 2.74. The van der Waals surface area contributed by atoms with Crippen molar-refractivity contribution in [2.75, 3.05) is 0 Å². The first-order valence-corrected chi connectivity index (χ1v) is 7.15. The third-order valence-corrected chi connectivity index (χ3v) is 4.33. The van der Waals surface area contributed by atoms with Gasteiger partial charge < -0.3 is 0 Å². The van der Waals surface area contributed by atoms with Crippen LogP contribution in [0.3, 0.4) is 0 Å². The van der Waals surface area contributed by atoms with Crippen LogP contribution in [0.2, 0.25) is 10.0 Å². The number of carbonyl (C=O) groups is 1. The molecule has 2 aromatic rings. The summed E-state index contributed by atoms with van der Waals surface area (Å²) in [5.74, 6) is -0.0701. The molecule has 20 heavy (non-hydrogen) atoms. The monoisotopic (exact) mass is 306 g/mol. The summed E-state index contributed by atoms with van der Waals surface area (Å²) >= 11 is 12.1. The number of rotatable bonds is 2. The molecule has 0 atom stereocenters. The van der Waals surface area contributed by atoms with Crippen LogP contribution in [0.15, 0.2) is 24.3 Å². The fourth-order valence-electron chi connectivity index (χ4n) is 2.36. The molecule has 0 aromatic heterocycles. The molecular weight excluding hydrogens is 291 g/mol. The van der Waals surface area contributed by atoms with Crippen LogP contribution in [0.25, 0.3) is 0 Å². The number of hydrogen-bond donors (Lipinski definition) is 0. The molecule has 0 heterocycles. The van der Waals surface area contributed by atoms with Crippen LogP contribution in [-0.2, 0) is 0 Å². The van der Waals surface area contributed by atoms with Gasteiger partial charge in [0, 0.05) is 16.1 Å². The van der Waals surface area contributed by atoms with Gasteiger partial charge in [-0.25, -0.2) is 0 Å². The molecule has 2 rings (SSSR count). The third-order valence-electron chi connectivity index (χ3n) is 3.77. The minimum atomic E-state index is -0.0701. The van der Waals surface area contributed by atoms with Crippen molar-refractivity contribution in [2.24, 2.45) is 0 Å². The lowest BCUT2D eigenvalue weighted by Gasteiger charge is -2.15. The molecule has 0 bridgehead atoms. The average Bonchev–Trinajstić information content (AvgIpc) is 2.39. The Hall–Kier alpha value is -1.31. The minimum absolute atomic E-state index is 0.0701. The van der Waals surface area contributed by atoms with Gasteiger partial charge in [0.1, 0.15) is 0 Å². The Morgan fingerprint density at radius 1 is 0.900 bits per heavy atom. The van der Waals surface area contributed by atoms with Crippen LogP contribution in [0.4, 0.5) is 0 Å². The molecule has 0 aliphatic heterocycles. The lowest BCUT2D eigenvalue weighted by Crippen LogP contribution is -2.09. The smallest absolute Gasteiger partial charge is 0.195 e. The van der Waals surface area contributed by atoms with Crippen molar-refractivity contribution in [1.82, 2.24) is 0 Å². The molecule has 3 heteroatoms. The molecule has 0 fully saturated rings. The number of aryl methyl sites for hydroxylation is 2. The highest BCUT2D eigenvalue weighted by molar-refractivity contribution is 6.37. The lowest BCUT2D eigenvalue weighted by atomic mass is 9.89. The van der Waals surface area contributed by atoms with E-state index in [-0.39, 0.29) is 5.78 Å². The van der Waals surface area contributed by atoms with Crippen molar-refractivity contribution >= 4 is 29.0 Å². The van der Waals surface area contributed by atoms with Gasteiger partial charge in [0.15, 0.2) is 5.78 Å². The Morgan fingerprint density at radius 3 is 2.00 bits per heavy atom. The Kier molecular flexibility index (Phi) is 4.22. The fraction of sp³-hybridized carbons (Fsp3) is 0.235. The van der Waals surface area contributed by atoms with Gasteiger partial charge in [0.05, 0.1) is 5.02 Å². The number of carbonyl (C=O) groups excluding carboxylic acids is 1. The van der Waals surface area contributed by atoms with E-state index in [1.165, 1.54) is 0 Å². The normalized spacial score (nSPS) is 10.7. The van der Waals surface area contributed by atoms with Crippen LogP contribution >= 0.6 is 23.2 Å². The van der Waals surface area contributed by atoms with Gasteiger partial charge in [-0.1, -0.05) is 29.3 Å². The van der Waals surface area contributed by atoms with E-state index < -0.39 is 0 Å². The maximum Gasteiger partial charge on any atom is 0.195 e. The Bertz CT molecular complexity index is 676. The highest BCUT2D eigenvalue weighted by atomic mass is 35.5. The number of halogens is 2. The molecule has 1 nitrogen and oxygen atoms in total. The highest BCUT2D eigenvalue weighted by Gasteiger charge is 2.19. The molecule has 0 amide bonds. The van der Waals surface area contributed by atoms with Crippen LogP contribution in [0.5, 0.6) is 0 Å². The van der Waals surface area contributed by atoms with Gasteiger partial charge in [-0.3, -0.25) is 4.79 Å². The Balaban J connectivity index is 2.68. The zero-order valence-electron chi connectivity index (χ0n) is 12.0.